The van der Waals surface area contributed by atoms with Crippen LogP contribution in [0.1, 0.15) is 69.0 Å². The van der Waals surface area contributed by atoms with Gasteiger partial charge in [-0.15, -0.1) is 0 Å². The zero-order valence-corrected chi connectivity index (χ0v) is 13.1. The molecule has 0 aromatic carbocycles. The average Bonchev–Trinajstić information content (AvgIpc) is 2.93. The Balaban J connectivity index is 2.37. The van der Waals surface area contributed by atoms with Gasteiger partial charge in [-0.1, -0.05) is 26.2 Å². The number of methoxy groups -OCH3 is 1. The molecule has 0 spiro atoms. The Labute approximate surface area is 122 Å². The summed E-state index contributed by atoms with van der Waals surface area (Å²) in [5.41, 5.74) is 0.819. The van der Waals surface area contributed by atoms with Gasteiger partial charge in [0, 0.05) is 13.0 Å². The summed E-state index contributed by atoms with van der Waals surface area (Å²) in [5, 5.41) is 0. The zero-order chi connectivity index (χ0) is 13.8. The first-order valence-electron chi connectivity index (χ1n) is 6.99. The van der Waals surface area contributed by atoms with E-state index in [9.17, 15) is 4.79 Å². The van der Waals surface area contributed by atoms with E-state index in [0.717, 1.165) is 31.4 Å². The molecular formula is C14H21BrN2O2. The maximum atomic E-state index is 12.0. The quantitative estimate of drug-likeness (QED) is 0.896. The summed E-state index contributed by atoms with van der Waals surface area (Å²) in [4.78, 5) is 19.6. The summed E-state index contributed by atoms with van der Waals surface area (Å²) < 4.78 is 6.03. The van der Waals surface area contributed by atoms with Crippen LogP contribution in [-0.4, -0.2) is 17.1 Å². The summed E-state index contributed by atoms with van der Waals surface area (Å²) in [6.45, 7) is 2.10. The Kier molecular flexibility index (Phi) is 5.16. The van der Waals surface area contributed by atoms with Crippen LogP contribution in [0.15, 0.2) is 9.27 Å². The molecule has 1 unspecified atom stereocenters. The molecule has 1 aromatic heterocycles. The highest BCUT2D eigenvalue weighted by atomic mass is 79.9. The van der Waals surface area contributed by atoms with E-state index in [1.165, 1.54) is 12.8 Å². The van der Waals surface area contributed by atoms with Gasteiger partial charge in [-0.2, -0.15) is 0 Å². The predicted molar refractivity (Wildman–Crippen MR) is 78.4 cm³/mol. The number of halogens is 1. The van der Waals surface area contributed by atoms with Crippen LogP contribution >= 0.6 is 15.9 Å². The normalized spacial score (nSPS) is 17.8. The lowest BCUT2D eigenvalue weighted by Gasteiger charge is -2.17. The summed E-state index contributed by atoms with van der Waals surface area (Å²) >= 11 is 3.39. The topological polar surface area (TPSA) is 55.0 Å². The number of nitrogens with zero attached hydrogens (tertiary/aromatic N) is 1. The lowest BCUT2D eigenvalue weighted by atomic mass is 10.0. The largest absolute Gasteiger partial charge is 0.374 e. The smallest absolute Gasteiger partial charge is 0.265 e. The third kappa shape index (κ3) is 3.26. The number of aromatic amines is 1. The third-order valence-electron chi connectivity index (χ3n) is 3.79. The maximum absolute atomic E-state index is 12.0. The molecule has 1 N–H and O–H groups in total. The Bertz CT molecular complexity index is 481. The first kappa shape index (κ1) is 14.7. The number of hydrogen-bond donors (Lipinski definition) is 1. The minimum absolute atomic E-state index is 0.0925. The van der Waals surface area contributed by atoms with E-state index in [2.05, 4.69) is 32.8 Å². The van der Waals surface area contributed by atoms with Crippen LogP contribution in [0.2, 0.25) is 0 Å². The van der Waals surface area contributed by atoms with Gasteiger partial charge >= 0.3 is 0 Å². The summed E-state index contributed by atoms with van der Waals surface area (Å²) in [6, 6.07) is 0. The highest BCUT2D eigenvalue weighted by molar-refractivity contribution is 9.10. The Hall–Kier alpha value is -0.680. The standard InChI is InChI=1S/C14H21BrN2O2/c1-3-6-10(19-2)13-16-12(9-7-4-5-8-9)11(15)14(18)17-13/h9-10H,3-8H2,1-2H3,(H,16,17,18). The number of aromatic nitrogens is 2. The number of H-pyrrole nitrogens is 1. The van der Waals surface area contributed by atoms with Gasteiger partial charge in [0.15, 0.2) is 0 Å². The van der Waals surface area contributed by atoms with Gasteiger partial charge in [-0.25, -0.2) is 4.98 Å². The molecule has 0 aliphatic heterocycles. The summed E-state index contributed by atoms with van der Waals surface area (Å²) in [5.74, 6) is 1.08. The second kappa shape index (κ2) is 6.66. The highest BCUT2D eigenvalue weighted by Crippen LogP contribution is 2.35. The van der Waals surface area contributed by atoms with Gasteiger partial charge in [0.05, 0.1) is 5.69 Å². The molecule has 1 fully saturated rings. The van der Waals surface area contributed by atoms with E-state index >= 15 is 0 Å². The fraction of sp³-hybridized carbons (Fsp3) is 0.714. The van der Waals surface area contributed by atoms with Crippen molar-refractivity contribution in [2.75, 3.05) is 7.11 Å². The van der Waals surface area contributed by atoms with Crippen LogP contribution in [0.5, 0.6) is 0 Å². The molecule has 1 heterocycles. The molecule has 1 aliphatic rings. The van der Waals surface area contributed by atoms with Crippen molar-refractivity contribution in [1.29, 1.82) is 0 Å². The van der Waals surface area contributed by atoms with Crippen LogP contribution < -0.4 is 5.56 Å². The molecule has 1 saturated carbocycles. The van der Waals surface area contributed by atoms with Crippen LogP contribution in [0.25, 0.3) is 0 Å². The molecule has 19 heavy (non-hydrogen) atoms. The van der Waals surface area contributed by atoms with Gasteiger partial charge in [0.25, 0.3) is 5.56 Å². The maximum Gasteiger partial charge on any atom is 0.265 e. The van der Waals surface area contributed by atoms with E-state index in [1.807, 2.05) is 0 Å². The molecule has 5 heteroatoms. The van der Waals surface area contributed by atoms with E-state index in [-0.39, 0.29) is 11.7 Å². The van der Waals surface area contributed by atoms with E-state index in [0.29, 0.717) is 16.2 Å². The SMILES string of the molecule is CCCC(OC)c1nc(C2CCCC2)c(Br)c(=O)[nH]1. The van der Waals surface area contributed by atoms with Crippen molar-refractivity contribution in [3.63, 3.8) is 0 Å². The molecular weight excluding hydrogens is 308 g/mol. The van der Waals surface area contributed by atoms with E-state index in [4.69, 9.17) is 4.74 Å². The fourth-order valence-corrected chi connectivity index (χ4v) is 3.26. The highest BCUT2D eigenvalue weighted by Gasteiger charge is 2.24. The second-order valence-corrected chi connectivity index (χ2v) is 5.94. The van der Waals surface area contributed by atoms with Crippen molar-refractivity contribution in [3.05, 3.63) is 26.3 Å². The Morgan fingerprint density at radius 2 is 2.16 bits per heavy atom. The molecule has 106 valence electrons. The van der Waals surface area contributed by atoms with Crippen LogP contribution in [0.4, 0.5) is 0 Å². The van der Waals surface area contributed by atoms with Crippen molar-refractivity contribution in [3.8, 4) is 0 Å². The Morgan fingerprint density at radius 3 is 2.74 bits per heavy atom. The molecule has 0 radical (unpaired) electrons. The van der Waals surface area contributed by atoms with Gasteiger partial charge < -0.3 is 9.72 Å². The fourth-order valence-electron chi connectivity index (χ4n) is 2.74. The lowest BCUT2D eigenvalue weighted by Crippen LogP contribution is -2.20. The van der Waals surface area contributed by atoms with Crippen LogP contribution in [-0.2, 0) is 4.74 Å². The van der Waals surface area contributed by atoms with Gasteiger partial charge in [0.2, 0.25) is 0 Å². The number of rotatable bonds is 5. The molecule has 1 atom stereocenters. The summed E-state index contributed by atoms with van der Waals surface area (Å²) in [7, 11) is 1.66. The first-order valence-corrected chi connectivity index (χ1v) is 7.79. The van der Waals surface area contributed by atoms with Crippen LogP contribution in [0, 0.1) is 0 Å². The van der Waals surface area contributed by atoms with Crippen molar-refractivity contribution < 1.29 is 4.74 Å². The molecule has 0 bridgehead atoms. The Morgan fingerprint density at radius 1 is 1.47 bits per heavy atom. The molecule has 2 rings (SSSR count). The van der Waals surface area contributed by atoms with E-state index in [1.54, 1.807) is 7.11 Å². The number of ether oxygens (including phenoxy) is 1. The van der Waals surface area contributed by atoms with Crippen molar-refractivity contribution in [2.45, 2.75) is 57.5 Å². The molecule has 1 aliphatic carbocycles. The second-order valence-electron chi connectivity index (χ2n) is 5.14. The number of nitrogens with one attached hydrogen (secondary N) is 1. The predicted octanol–water partition coefficient (Wildman–Crippen LogP) is 3.68. The van der Waals surface area contributed by atoms with Crippen molar-refractivity contribution in [1.82, 2.24) is 9.97 Å². The molecule has 0 saturated heterocycles. The minimum atomic E-state index is -0.119. The summed E-state index contributed by atoms with van der Waals surface area (Å²) in [6.07, 6.45) is 6.45. The van der Waals surface area contributed by atoms with Gasteiger partial charge in [-0.05, 0) is 35.2 Å². The monoisotopic (exact) mass is 328 g/mol. The lowest BCUT2D eigenvalue weighted by molar-refractivity contribution is 0.0870. The van der Waals surface area contributed by atoms with Crippen molar-refractivity contribution >= 4 is 15.9 Å². The number of hydrogen-bond acceptors (Lipinski definition) is 3. The van der Waals surface area contributed by atoms with Gasteiger partial charge in [-0.3, -0.25) is 4.79 Å². The van der Waals surface area contributed by atoms with Crippen molar-refractivity contribution in [2.24, 2.45) is 0 Å². The average molecular weight is 329 g/mol. The third-order valence-corrected chi connectivity index (χ3v) is 4.56. The van der Waals surface area contributed by atoms with E-state index < -0.39 is 0 Å². The first-order chi connectivity index (χ1) is 9.17. The van der Waals surface area contributed by atoms with Gasteiger partial charge in [0.1, 0.15) is 16.4 Å². The zero-order valence-electron chi connectivity index (χ0n) is 11.5. The van der Waals surface area contributed by atoms with Crippen LogP contribution in [0.3, 0.4) is 0 Å². The molecule has 1 aromatic rings. The molecule has 0 amide bonds. The minimum Gasteiger partial charge on any atom is -0.374 e. The molecule has 4 nitrogen and oxygen atoms in total.